The van der Waals surface area contributed by atoms with Crippen LogP contribution in [0.4, 0.5) is 0 Å². The molecule has 0 unspecified atom stereocenters. The van der Waals surface area contributed by atoms with E-state index in [1.807, 2.05) is 0 Å². The molecule has 8 atom stereocenters. The van der Waals surface area contributed by atoms with Gasteiger partial charge in [-0.05, 0) is 18.8 Å². The van der Waals surface area contributed by atoms with Crippen molar-refractivity contribution in [3.63, 3.8) is 0 Å². The highest BCUT2D eigenvalue weighted by Crippen LogP contribution is 2.23. The number of hydrogen-bond donors (Lipinski definition) is 7. The zero-order chi connectivity index (χ0) is 35.6. The van der Waals surface area contributed by atoms with E-state index in [2.05, 4.69) is 26.1 Å². The molecule has 1 amide bonds. The summed E-state index contributed by atoms with van der Waals surface area (Å²) in [6.45, 7) is 5.84. The van der Waals surface area contributed by atoms with Crippen LogP contribution >= 0.6 is 0 Å². The molecular formula is C38H75NO9. The van der Waals surface area contributed by atoms with Gasteiger partial charge in [0.1, 0.15) is 30.5 Å². The quantitative estimate of drug-likeness (QED) is 0.0455. The first-order chi connectivity index (χ1) is 23.1. The van der Waals surface area contributed by atoms with E-state index in [0.29, 0.717) is 6.42 Å². The van der Waals surface area contributed by atoms with E-state index in [9.17, 15) is 35.4 Å². The summed E-state index contributed by atoms with van der Waals surface area (Å²) in [5, 5.41) is 64.7. The SMILES string of the molecule is CCCCCCCCCCCCCCCC(=O)N[C@@H](CO[C@@H]1O[C@H](CO)[C@H](O)[C@H](O)[C@H]1O)[C@H](O)[C@H](O)CCCCCCCCCC(C)C. The van der Waals surface area contributed by atoms with Crippen LogP contribution in [0.15, 0.2) is 0 Å². The number of carbonyl (C=O) groups is 1. The zero-order valence-corrected chi connectivity index (χ0v) is 30.8. The van der Waals surface area contributed by atoms with Crippen molar-refractivity contribution in [1.82, 2.24) is 5.32 Å². The monoisotopic (exact) mass is 690 g/mol. The van der Waals surface area contributed by atoms with E-state index in [1.54, 1.807) is 0 Å². The number of unbranched alkanes of at least 4 members (excludes halogenated alkanes) is 18. The Kier molecular flexibility index (Phi) is 27.1. The standard InChI is InChI=1S/C38H75NO9/c1-4-5-6-7-8-9-10-11-12-13-17-20-23-26-33(42)39-30(28-47-38-37(46)36(45)35(44)32(27-40)48-38)34(43)31(41)25-22-19-16-14-15-18-21-24-29(2)3/h29-32,34-38,40-41,43-46H,4-28H2,1-3H3,(H,39,42)/t30-,31+,32+,34-,35-,36-,37+,38+/m0/s1. The Morgan fingerprint density at radius 1 is 0.688 bits per heavy atom. The van der Waals surface area contributed by atoms with Crippen LogP contribution in [0.2, 0.25) is 0 Å². The molecule has 7 N–H and O–H groups in total. The maximum atomic E-state index is 12.9. The van der Waals surface area contributed by atoms with Gasteiger partial charge < -0.3 is 45.4 Å². The van der Waals surface area contributed by atoms with Crippen LogP contribution in [0, 0.1) is 5.92 Å². The Morgan fingerprint density at radius 2 is 1.17 bits per heavy atom. The summed E-state index contributed by atoms with van der Waals surface area (Å²) in [5.41, 5.74) is 0. The molecule has 0 aromatic rings. The maximum Gasteiger partial charge on any atom is 0.220 e. The van der Waals surface area contributed by atoms with E-state index in [4.69, 9.17) is 9.47 Å². The van der Waals surface area contributed by atoms with Crippen molar-refractivity contribution in [3.05, 3.63) is 0 Å². The summed E-state index contributed by atoms with van der Waals surface area (Å²) in [7, 11) is 0. The summed E-state index contributed by atoms with van der Waals surface area (Å²) in [6, 6.07) is -0.984. The average molecular weight is 690 g/mol. The molecular weight excluding hydrogens is 614 g/mol. The molecule has 0 bridgehead atoms. The number of nitrogens with one attached hydrogen (secondary N) is 1. The van der Waals surface area contributed by atoms with Gasteiger partial charge in [-0.25, -0.2) is 0 Å². The molecule has 0 saturated carbocycles. The Morgan fingerprint density at radius 3 is 1.67 bits per heavy atom. The fourth-order valence-electron chi connectivity index (χ4n) is 6.44. The molecule has 0 spiro atoms. The van der Waals surface area contributed by atoms with Gasteiger partial charge in [-0.1, -0.05) is 149 Å². The van der Waals surface area contributed by atoms with Gasteiger partial charge >= 0.3 is 0 Å². The minimum atomic E-state index is -1.60. The van der Waals surface area contributed by atoms with Gasteiger partial charge in [-0.2, -0.15) is 0 Å². The smallest absolute Gasteiger partial charge is 0.220 e. The van der Waals surface area contributed by atoms with Gasteiger partial charge in [0.25, 0.3) is 0 Å². The van der Waals surface area contributed by atoms with Crippen molar-refractivity contribution in [3.8, 4) is 0 Å². The van der Waals surface area contributed by atoms with Crippen LogP contribution in [-0.4, -0.2) is 98.7 Å². The number of aliphatic hydroxyl groups is 6. The molecule has 1 saturated heterocycles. The lowest BCUT2D eigenvalue weighted by Crippen LogP contribution is -2.60. The van der Waals surface area contributed by atoms with Crippen LogP contribution in [-0.2, 0) is 14.3 Å². The average Bonchev–Trinajstić information content (AvgIpc) is 3.07. The van der Waals surface area contributed by atoms with Crippen molar-refractivity contribution < 1.29 is 44.9 Å². The van der Waals surface area contributed by atoms with Gasteiger partial charge in [0.05, 0.1) is 25.4 Å². The van der Waals surface area contributed by atoms with Crippen LogP contribution in [0.5, 0.6) is 0 Å². The molecule has 1 heterocycles. The normalized spacial score (nSPS) is 23.3. The molecule has 1 fully saturated rings. The number of ether oxygens (including phenoxy) is 2. The summed E-state index contributed by atoms with van der Waals surface area (Å²) < 4.78 is 11.1. The third kappa shape index (κ3) is 20.7. The largest absolute Gasteiger partial charge is 0.394 e. The fraction of sp³-hybridized carbons (Fsp3) is 0.974. The fourth-order valence-corrected chi connectivity index (χ4v) is 6.44. The van der Waals surface area contributed by atoms with Crippen molar-refractivity contribution in [1.29, 1.82) is 0 Å². The van der Waals surface area contributed by atoms with Gasteiger partial charge in [0.15, 0.2) is 6.29 Å². The highest BCUT2D eigenvalue weighted by molar-refractivity contribution is 5.76. The van der Waals surface area contributed by atoms with Gasteiger partial charge in [-0.3, -0.25) is 4.79 Å². The predicted octanol–water partition coefficient (Wildman–Crippen LogP) is 5.66. The van der Waals surface area contributed by atoms with Crippen LogP contribution < -0.4 is 5.32 Å². The van der Waals surface area contributed by atoms with Crippen LogP contribution in [0.3, 0.4) is 0 Å². The molecule has 1 aliphatic heterocycles. The second-order valence-electron chi connectivity index (χ2n) is 14.7. The van der Waals surface area contributed by atoms with Crippen molar-refractivity contribution in [2.24, 2.45) is 5.92 Å². The lowest BCUT2D eigenvalue weighted by atomic mass is 9.98. The zero-order valence-electron chi connectivity index (χ0n) is 30.8. The third-order valence-corrected chi connectivity index (χ3v) is 9.73. The number of hydrogen-bond acceptors (Lipinski definition) is 9. The molecule has 0 radical (unpaired) electrons. The lowest BCUT2D eigenvalue weighted by Gasteiger charge is -2.40. The van der Waals surface area contributed by atoms with Crippen molar-refractivity contribution in [2.45, 2.75) is 217 Å². The summed E-state index contributed by atoms with van der Waals surface area (Å²) in [5.74, 6) is 0.484. The molecule has 0 aromatic carbocycles. The van der Waals surface area contributed by atoms with E-state index < -0.39 is 55.6 Å². The summed E-state index contributed by atoms with van der Waals surface area (Å²) in [4.78, 5) is 12.9. The molecule has 48 heavy (non-hydrogen) atoms. The number of aliphatic hydroxyl groups excluding tert-OH is 6. The predicted molar refractivity (Wildman–Crippen MR) is 190 cm³/mol. The lowest BCUT2D eigenvalue weighted by molar-refractivity contribution is -0.303. The summed E-state index contributed by atoms with van der Waals surface area (Å²) in [6.07, 6.45) is 15.6. The molecule has 1 rings (SSSR count). The van der Waals surface area contributed by atoms with Gasteiger partial charge in [-0.15, -0.1) is 0 Å². The minimum Gasteiger partial charge on any atom is -0.394 e. The minimum absolute atomic E-state index is 0.260. The molecule has 0 aromatic heterocycles. The van der Waals surface area contributed by atoms with Crippen molar-refractivity contribution >= 4 is 5.91 Å². The molecule has 286 valence electrons. The first kappa shape index (κ1) is 45.2. The van der Waals surface area contributed by atoms with E-state index >= 15 is 0 Å². The first-order valence-corrected chi connectivity index (χ1v) is 19.7. The molecule has 0 aliphatic carbocycles. The highest BCUT2D eigenvalue weighted by Gasteiger charge is 2.44. The molecule has 10 heteroatoms. The maximum absolute atomic E-state index is 12.9. The van der Waals surface area contributed by atoms with Crippen molar-refractivity contribution in [2.75, 3.05) is 13.2 Å². The number of amides is 1. The van der Waals surface area contributed by atoms with E-state index in [0.717, 1.165) is 57.3 Å². The summed E-state index contributed by atoms with van der Waals surface area (Å²) >= 11 is 0. The van der Waals surface area contributed by atoms with E-state index in [-0.39, 0.29) is 18.9 Å². The molecule has 10 nitrogen and oxygen atoms in total. The van der Waals surface area contributed by atoms with Gasteiger partial charge in [0.2, 0.25) is 5.91 Å². The first-order valence-electron chi connectivity index (χ1n) is 19.7. The Bertz CT molecular complexity index is 756. The second-order valence-corrected chi connectivity index (χ2v) is 14.7. The number of carbonyl (C=O) groups excluding carboxylic acids is 1. The topological polar surface area (TPSA) is 169 Å². The van der Waals surface area contributed by atoms with Gasteiger partial charge in [0, 0.05) is 6.42 Å². The van der Waals surface area contributed by atoms with Crippen LogP contribution in [0.1, 0.15) is 168 Å². The van der Waals surface area contributed by atoms with Crippen LogP contribution in [0.25, 0.3) is 0 Å². The third-order valence-electron chi connectivity index (χ3n) is 9.73. The Labute approximate surface area is 292 Å². The molecule has 1 aliphatic rings. The number of rotatable bonds is 31. The Balaban J connectivity index is 2.49. The highest BCUT2D eigenvalue weighted by atomic mass is 16.7. The second kappa shape index (κ2) is 28.8. The Hall–Kier alpha value is -0.850. The van der Waals surface area contributed by atoms with E-state index in [1.165, 1.54) is 83.5 Å².